The van der Waals surface area contributed by atoms with Gasteiger partial charge in [0.1, 0.15) is 0 Å². The molecular formula is C22H27NO6S. The Kier molecular flexibility index (Phi) is 8.14. The summed E-state index contributed by atoms with van der Waals surface area (Å²) in [5.41, 5.74) is 2.10. The van der Waals surface area contributed by atoms with Crippen LogP contribution >= 0.6 is 0 Å². The Bertz CT molecular complexity index is 967. The molecule has 8 heteroatoms. The Morgan fingerprint density at radius 3 is 1.93 bits per heavy atom. The van der Waals surface area contributed by atoms with Gasteiger partial charge in [0.25, 0.3) is 0 Å². The van der Waals surface area contributed by atoms with Crippen LogP contribution in [-0.2, 0) is 29.1 Å². The lowest BCUT2D eigenvalue weighted by Crippen LogP contribution is -2.42. The predicted octanol–water partition coefficient (Wildman–Crippen LogP) is 3.07. The highest BCUT2D eigenvalue weighted by Crippen LogP contribution is 2.29. The van der Waals surface area contributed by atoms with Gasteiger partial charge in [-0.1, -0.05) is 42.0 Å². The molecule has 0 unspecified atom stereocenters. The first-order valence-electron chi connectivity index (χ1n) is 9.69. The van der Waals surface area contributed by atoms with Crippen molar-refractivity contribution in [2.45, 2.75) is 38.6 Å². The number of carbonyl (C=O) groups excluding carboxylic acids is 2. The van der Waals surface area contributed by atoms with Crippen molar-refractivity contribution < 1.29 is 27.5 Å². The molecule has 2 rings (SSSR count). The fourth-order valence-electron chi connectivity index (χ4n) is 3.03. The van der Waals surface area contributed by atoms with E-state index in [0.29, 0.717) is 11.1 Å². The molecule has 0 aliphatic rings. The third kappa shape index (κ3) is 5.67. The van der Waals surface area contributed by atoms with Crippen molar-refractivity contribution in [3.05, 3.63) is 65.2 Å². The maximum atomic E-state index is 13.1. The molecule has 7 nitrogen and oxygen atoms in total. The van der Waals surface area contributed by atoms with Gasteiger partial charge in [-0.2, -0.15) is 0 Å². The van der Waals surface area contributed by atoms with Gasteiger partial charge in [-0.05, 0) is 51.0 Å². The topological polar surface area (TPSA) is 98.8 Å². The summed E-state index contributed by atoms with van der Waals surface area (Å²) in [5, 5.41) is 0. The summed E-state index contributed by atoms with van der Waals surface area (Å²) in [7, 11) is -4.05. The van der Waals surface area contributed by atoms with E-state index in [1.54, 1.807) is 57.2 Å². The van der Waals surface area contributed by atoms with Gasteiger partial charge in [-0.3, -0.25) is 9.59 Å². The number of hydrogen-bond donors (Lipinski definition) is 1. The van der Waals surface area contributed by atoms with E-state index >= 15 is 0 Å². The second kappa shape index (κ2) is 10.4. The molecule has 0 aromatic heterocycles. The molecule has 0 aliphatic heterocycles. The summed E-state index contributed by atoms with van der Waals surface area (Å²) in [5.74, 6) is -3.20. The van der Waals surface area contributed by atoms with Crippen LogP contribution in [0.25, 0.3) is 0 Å². The number of aryl methyl sites for hydroxylation is 2. The number of ether oxygens (including phenoxy) is 2. The van der Waals surface area contributed by atoms with Gasteiger partial charge in [0.05, 0.1) is 24.2 Å². The molecule has 0 saturated heterocycles. The molecule has 30 heavy (non-hydrogen) atoms. The van der Waals surface area contributed by atoms with Crippen molar-refractivity contribution in [1.29, 1.82) is 0 Å². The monoisotopic (exact) mass is 433 g/mol. The minimum absolute atomic E-state index is 0.0261. The SMILES string of the molecule is CCOC(=O)C(C(=O)OCC)[C@@H](NS(=O)(=O)c1ccc(C)cc1)c1ccccc1C. The minimum atomic E-state index is -4.05. The zero-order valence-corrected chi connectivity index (χ0v) is 18.4. The minimum Gasteiger partial charge on any atom is -0.465 e. The van der Waals surface area contributed by atoms with E-state index in [4.69, 9.17) is 9.47 Å². The summed E-state index contributed by atoms with van der Waals surface area (Å²) in [4.78, 5) is 25.4. The largest absolute Gasteiger partial charge is 0.465 e. The second-order valence-electron chi connectivity index (χ2n) is 6.75. The highest BCUT2D eigenvalue weighted by Gasteiger charge is 2.41. The fraction of sp³-hybridized carbons (Fsp3) is 0.364. The van der Waals surface area contributed by atoms with Crippen LogP contribution in [0.4, 0.5) is 0 Å². The van der Waals surface area contributed by atoms with Crippen molar-refractivity contribution in [3.8, 4) is 0 Å². The number of sulfonamides is 1. The van der Waals surface area contributed by atoms with Crippen LogP contribution < -0.4 is 4.72 Å². The molecular weight excluding hydrogens is 406 g/mol. The molecule has 0 fully saturated rings. The first kappa shape index (κ1) is 23.6. The first-order valence-corrected chi connectivity index (χ1v) is 11.2. The van der Waals surface area contributed by atoms with Gasteiger partial charge >= 0.3 is 11.9 Å². The Morgan fingerprint density at radius 1 is 0.900 bits per heavy atom. The van der Waals surface area contributed by atoms with Gasteiger partial charge in [0.2, 0.25) is 10.0 Å². The zero-order chi connectivity index (χ0) is 22.3. The van der Waals surface area contributed by atoms with E-state index < -0.39 is 33.9 Å². The Hall–Kier alpha value is -2.71. The highest BCUT2D eigenvalue weighted by atomic mass is 32.2. The number of carbonyl (C=O) groups is 2. The fourth-order valence-corrected chi connectivity index (χ4v) is 4.26. The normalized spacial score (nSPS) is 12.4. The zero-order valence-electron chi connectivity index (χ0n) is 17.5. The summed E-state index contributed by atoms with van der Waals surface area (Å²) in [6.45, 7) is 6.92. The molecule has 0 aliphatic carbocycles. The van der Waals surface area contributed by atoms with Gasteiger partial charge < -0.3 is 9.47 Å². The smallest absolute Gasteiger partial charge is 0.322 e. The number of benzene rings is 2. The molecule has 1 atom stereocenters. The van der Waals surface area contributed by atoms with E-state index in [1.807, 2.05) is 6.92 Å². The number of rotatable bonds is 9. The van der Waals surface area contributed by atoms with Crippen LogP contribution in [0.2, 0.25) is 0 Å². The Labute approximate surface area is 177 Å². The predicted molar refractivity (Wildman–Crippen MR) is 112 cm³/mol. The van der Waals surface area contributed by atoms with Crippen molar-refractivity contribution in [2.24, 2.45) is 5.92 Å². The van der Waals surface area contributed by atoms with Crippen LogP contribution in [0.5, 0.6) is 0 Å². The summed E-state index contributed by atoms with van der Waals surface area (Å²) < 4.78 is 38.9. The molecule has 2 aromatic carbocycles. The lowest BCUT2D eigenvalue weighted by atomic mass is 9.91. The molecule has 0 radical (unpaired) electrons. The maximum Gasteiger partial charge on any atom is 0.322 e. The third-order valence-electron chi connectivity index (χ3n) is 4.55. The average molecular weight is 434 g/mol. The van der Waals surface area contributed by atoms with Crippen LogP contribution in [-0.4, -0.2) is 33.6 Å². The number of hydrogen-bond acceptors (Lipinski definition) is 6. The molecule has 0 spiro atoms. The summed E-state index contributed by atoms with van der Waals surface area (Å²) in [6.07, 6.45) is 0. The molecule has 0 saturated carbocycles. The Balaban J connectivity index is 2.58. The van der Waals surface area contributed by atoms with E-state index in [1.165, 1.54) is 12.1 Å². The van der Waals surface area contributed by atoms with Crippen molar-refractivity contribution in [3.63, 3.8) is 0 Å². The van der Waals surface area contributed by atoms with Gasteiger partial charge in [-0.15, -0.1) is 0 Å². The summed E-state index contributed by atoms with van der Waals surface area (Å²) >= 11 is 0. The second-order valence-corrected chi connectivity index (χ2v) is 8.46. The van der Waals surface area contributed by atoms with Gasteiger partial charge in [0.15, 0.2) is 5.92 Å². The molecule has 0 bridgehead atoms. The molecule has 2 aromatic rings. The molecule has 0 amide bonds. The average Bonchev–Trinajstić information content (AvgIpc) is 2.68. The molecule has 162 valence electrons. The van der Waals surface area contributed by atoms with E-state index in [2.05, 4.69) is 4.72 Å². The summed E-state index contributed by atoms with van der Waals surface area (Å²) in [6, 6.07) is 12.0. The number of nitrogens with one attached hydrogen (secondary N) is 1. The van der Waals surface area contributed by atoms with Gasteiger partial charge in [-0.25, -0.2) is 13.1 Å². The van der Waals surface area contributed by atoms with Crippen LogP contribution in [0, 0.1) is 19.8 Å². The van der Waals surface area contributed by atoms with Crippen LogP contribution in [0.3, 0.4) is 0 Å². The van der Waals surface area contributed by atoms with E-state index in [9.17, 15) is 18.0 Å². The maximum absolute atomic E-state index is 13.1. The third-order valence-corrected chi connectivity index (χ3v) is 6.01. The quantitative estimate of drug-likeness (QED) is 0.482. The number of esters is 2. The van der Waals surface area contributed by atoms with Crippen molar-refractivity contribution in [1.82, 2.24) is 4.72 Å². The lowest BCUT2D eigenvalue weighted by Gasteiger charge is -2.26. The van der Waals surface area contributed by atoms with E-state index in [-0.39, 0.29) is 18.1 Å². The van der Waals surface area contributed by atoms with Crippen molar-refractivity contribution >= 4 is 22.0 Å². The van der Waals surface area contributed by atoms with E-state index in [0.717, 1.165) is 5.56 Å². The van der Waals surface area contributed by atoms with Crippen LogP contribution in [0.15, 0.2) is 53.4 Å². The van der Waals surface area contributed by atoms with Crippen molar-refractivity contribution in [2.75, 3.05) is 13.2 Å². The first-order chi connectivity index (χ1) is 14.2. The molecule has 0 heterocycles. The highest BCUT2D eigenvalue weighted by molar-refractivity contribution is 7.89. The lowest BCUT2D eigenvalue weighted by molar-refractivity contribution is -0.163. The molecule has 1 N–H and O–H groups in total. The standard InChI is InChI=1S/C22H27NO6S/c1-5-28-21(24)19(22(25)29-6-2)20(18-10-8-7-9-16(18)4)23-30(26,27)17-13-11-15(3)12-14-17/h7-14,19-20,23H,5-6H2,1-4H3/t20-/m0/s1. The Morgan fingerprint density at radius 2 is 1.43 bits per heavy atom. The van der Waals surface area contributed by atoms with Crippen LogP contribution in [0.1, 0.15) is 36.6 Å². The van der Waals surface area contributed by atoms with Gasteiger partial charge in [0, 0.05) is 0 Å².